The summed E-state index contributed by atoms with van der Waals surface area (Å²) < 4.78 is 0. The summed E-state index contributed by atoms with van der Waals surface area (Å²) in [4.78, 5) is 12.0. The molecule has 1 amide bonds. The summed E-state index contributed by atoms with van der Waals surface area (Å²) in [6, 6.07) is 7.48. The molecule has 0 atom stereocenters. The molecule has 1 aliphatic heterocycles. The van der Waals surface area contributed by atoms with E-state index in [2.05, 4.69) is 5.10 Å². The molecule has 0 unspecified atom stereocenters. The van der Waals surface area contributed by atoms with Crippen molar-refractivity contribution in [2.45, 2.75) is 25.6 Å². The van der Waals surface area contributed by atoms with Crippen LogP contribution in [-0.2, 0) is 0 Å². The number of thioether (sulfide) groups is 1. The number of carbonyl (C=O) groups excluding carboxylic acids is 1. The van der Waals surface area contributed by atoms with Crippen LogP contribution in [0.4, 0.5) is 0 Å². The molecule has 0 aromatic heterocycles. The monoisotopic (exact) mass is 249 g/mol. The van der Waals surface area contributed by atoms with E-state index in [4.69, 9.17) is 5.73 Å². The van der Waals surface area contributed by atoms with Crippen molar-refractivity contribution in [1.29, 1.82) is 0 Å². The quantitative estimate of drug-likeness (QED) is 0.829. The minimum absolute atomic E-state index is 0.110. The smallest absolute Gasteiger partial charge is 0.275 e. The van der Waals surface area contributed by atoms with Crippen molar-refractivity contribution in [3.8, 4) is 0 Å². The Morgan fingerprint density at radius 2 is 2.06 bits per heavy atom. The zero-order valence-corrected chi connectivity index (χ0v) is 10.9. The van der Waals surface area contributed by atoms with Crippen LogP contribution in [0.25, 0.3) is 0 Å². The first-order valence-corrected chi connectivity index (χ1v) is 6.17. The first-order chi connectivity index (χ1) is 7.92. The number of benzene rings is 1. The maximum absolute atomic E-state index is 12.4. The molecule has 1 aliphatic rings. The lowest BCUT2D eigenvalue weighted by Crippen LogP contribution is -2.38. The van der Waals surface area contributed by atoms with Gasteiger partial charge in [-0.1, -0.05) is 30.0 Å². The SMILES string of the molecule is Cc1ccccc1C(=O)N1N=C(N)SC1(C)C. The fourth-order valence-electron chi connectivity index (χ4n) is 1.76. The third-order valence-electron chi connectivity index (χ3n) is 2.63. The maximum Gasteiger partial charge on any atom is 0.275 e. The summed E-state index contributed by atoms with van der Waals surface area (Å²) in [6.07, 6.45) is 0. The van der Waals surface area contributed by atoms with Gasteiger partial charge in [0, 0.05) is 5.56 Å². The molecular formula is C12H15N3OS. The number of hydrogen-bond acceptors (Lipinski definition) is 4. The van der Waals surface area contributed by atoms with Gasteiger partial charge in [-0.2, -0.15) is 0 Å². The van der Waals surface area contributed by atoms with Gasteiger partial charge in [0.05, 0.1) is 0 Å². The van der Waals surface area contributed by atoms with Crippen molar-refractivity contribution in [3.63, 3.8) is 0 Å². The summed E-state index contributed by atoms with van der Waals surface area (Å²) in [7, 11) is 0. The second-order valence-corrected chi connectivity index (χ2v) is 6.04. The first-order valence-electron chi connectivity index (χ1n) is 5.35. The summed E-state index contributed by atoms with van der Waals surface area (Å²) in [5.74, 6) is -0.110. The Morgan fingerprint density at radius 3 is 2.59 bits per heavy atom. The lowest BCUT2D eigenvalue weighted by molar-refractivity contribution is 0.0690. The van der Waals surface area contributed by atoms with E-state index >= 15 is 0 Å². The molecule has 2 rings (SSSR count). The van der Waals surface area contributed by atoms with Gasteiger partial charge in [0.15, 0.2) is 5.17 Å². The van der Waals surface area contributed by atoms with Gasteiger partial charge in [-0.05, 0) is 32.4 Å². The van der Waals surface area contributed by atoms with E-state index in [1.165, 1.54) is 16.8 Å². The number of nitrogens with zero attached hydrogens (tertiary/aromatic N) is 2. The van der Waals surface area contributed by atoms with E-state index < -0.39 is 4.87 Å². The number of amidine groups is 1. The van der Waals surface area contributed by atoms with Crippen LogP contribution in [0.3, 0.4) is 0 Å². The molecule has 17 heavy (non-hydrogen) atoms. The van der Waals surface area contributed by atoms with Gasteiger partial charge in [-0.15, -0.1) is 5.10 Å². The van der Waals surface area contributed by atoms with Crippen molar-refractivity contribution in [2.24, 2.45) is 10.8 Å². The topological polar surface area (TPSA) is 58.7 Å². The zero-order chi connectivity index (χ0) is 12.6. The number of amides is 1. The highest BCUT2D eigenvalue weighted by molar-refractivity contribution is 8.15. The van der Waals surface area contributed by atoms with Crippen molar-refractivity contribution >= 4 is 22.8 Å². The Hall–Kier alpha value is -1.49. The predicted octanol–water partition coefficient (Wildman–Crippen LogP) is 2.15. The number of carbonyl (C=O) groups is 1. The van der Waals surface area contributed by atoms with E-state index in [0.717, 1.165) is 5.56 Å². The summed E-state index contributed by atoms with van der Waals surface area (Å²) in [6.45, 7) is 5.77. The second kappa shape index (κ2) is 4.07. The molecule has 0 aliphatic carbocycles. The Kier molecular flexibility index (Phi) is 2.87. The molecule has 1 aromatic carbocycles. The Bertz CT molecular complexity index is 496. The summed E-state index contributed by atoms with van der Waals surface area (Å²) in [5, 5.41) is 5.98. The van der Waals surface area contributed by atoms with Crippen LogP contribution in [0.15, 0.2) is 29.4 Å². The van der Waals surface area contributed by atoms with Crippen molar-refractivity contribution in [1.82, 2.24) is 5.01 Å². The number of hydrazone groups is 1. The fraction of sp³-hybridized carbons (Fsp3) is 0.333. The van der Waals surface area contributed by atoms with Crippen molar-refractivity contribution < 1.29 is 4.79 Å². The second-order valence-electron chi connectivity index (χ2n) is 4.42. The third-order valence-corrected chi connectivity index (χ3v) is 3.59. The standard InChI is InChI=1S/C12H15N3OS/c1-8-6-4-5-7-9(8)10(16)15-12(2,3)17-11(13)14-15/h4-7H,1-3H3,(H2,13,14). The average Bonchev–Trinajstić information content (AvgIpc) is 2.51. The minimum atomic E-state index is -0.427. The number of rotatable bonds is 1. The Balaban J connectivity index is 2.36. The normalized spacial score (nSPS) is 18.1. The van der Waals surface area contributed by atoms with Crippen LogP contribution in [-0.4, -0.2) is 21.0 Å². The average molecular weight is 249 g/mol. The van der Waals surface area contributed by atoms with E-state index in [-0.39, 0.29) is 5.91 Å². The molecule has 0 radical (unpaired) electrons. The van der Waals surface area contributed by atoms with Gasteiger partial charge in [0.25, 0.3) is 5.91 Å². The number of hydrogen-bond donors (Lipinski definition) is 1. The predicted molar refractivity (Wildman–Crippen MR) is 70.6 cm³/mol. The molecule has 4 nitrogen and oxygen atoms in total. The largest absolute Gasteiger partial charge is 0.377 e. The first kappa shape index (κ1) is 12.0. The highest BCUT2D eigenvalue weighted by atomic mass is 32.2. The minimum Gasteiger partial charge on any atom is -0.377 e. The van der Waals surface area contributed by atoms with Crippen LogP contribution in [0, 0.1) is 6.92 Å². The molecule has 0 spiro atoms. The maximum atomic E-state index is 12.4. The van der Waals surface area contributed by atoms with E-state index in [9.17, 15) is 4.79 Å². The van der Waals surface area contributed by atoms with E-state index in [0.29, 0.717) is 10.7 Å². The van der Waals surface area contributed by atoms with E-state index in [1.807, 2.05) is 45.0 Å². The summed E-state index contributed by atoms with van der Waals surface area (Å²) in [5.41, 5.74) is 7.28. The molecule has 1 heterocycles. The van der Waals surface area contributed by atoms with Crippen LogP contribution >= 0.6 is 11.8 Å². The molecule has 5 heteroatoms. The molecular weight excluding hydrogens is 234 g/mol. The molecule has 2 N–H and O–H groups in total. The highest BCUT2D eigenvalue weighted by Crippen LogP contribution is 2.36. The zero-order valence-electron chi connectivity index (χ0n) is 10.1. The van der Waals surface area contributed by atoms with Gasteiger partial charge >= 0.3 is 0 Å². The molecule has 90 valence electrons. The van der Waals surface area contributed by atoms with E-state index in [1.54, 1.807) is 0 Å². The number of aryl methyl sites for hydroxylation is 1. The van der Waals surface area contributed by atoms with Crippen LogP contribution in [0.5, 0.6) is 0 Å². The van der Waals surface area contributed by atoms with Gasteiger partial charge in [0.1, 0.15) is 4.87 Å². The third kappa shape index (κ3) is 2.15. The number of nitrogens with two attached hydrogens (primary N) is 1. The molecule has 0 bridgehead atoms. The molecule has 0 saturated heterocycles. The lowest BCUT2D eigenvalue weighted by atomic mass is 10.1. The molecule has 0 fully saturated rings. The van der Waals surface area contributed by atoms with Crippen molar-refractivity contribution in [3.05, 3.63) is 35.4 Å². The van der Waals surface area contributed by atoms with Crippen LogP contribution in [0.2, 0.25) is 0 Å². The molecule has 1 aromatic rings. The van der Waals surface area contributed by atoms with Gasteiger partial charge < -0.3 is 5.73 Å². The van der Waals surface area contributed by atoms with Crippen LogP contribution in [0.1, 0.15) is 29.8 Å². The lowest BCUT2D eigenvalue weighted by Gasteiger charge is -2.27. The van der Waals surface area contributed by atoms with Gasteiger partial charge in [-0.3, -0.25) is 4.79 Å². The summed E-state index contributed by atoms with van der Waals surface area (Å²) >= 11 is 1.39. The van der Waals surface area contributed by atoms with Crippen LogP contribution < -0.4 is 5.73 Å². The fourth-order valence-corrected chi connectivity index (χ4v) is 2.60. The van der Waals surface area contributed by atoms with Gasteiger partial charge in [-0.25, -0.2) is 5.01 Å². The van der Waals surface area contributed by atoms with Crippen molar-refractivity contribution in [2.75, 3.05) is 0 Å². The Morgan fingerprint density at radius 1 is 1.41 bits per heavy atom. The Labute approximate surface area is 105 Å². The molecule has 0 saturated carbocycles. The highest BCUT2D eigenvalue weighted by Gasteiger charge is 2.39. The van der Waals surface area contributed by atoms with Gasteiger partial charge in [0.2, 0.25) is 0 Å².